The number of hydrogen-bond donors (Lipinski definition) is 0. The molecule has 15 heavy (non-hydrogen) atoms. The lowest BCUT2D eigenvalue weighted by molar-refractivity contribution is 0.255. The summed E-state index contributed by atoms with van der Waals surface area (Å²) in [6.45, 7) is 0. The molecule has 0 amide bonds. The molecule has 84 valence electrons. The second kappa shape index (κ2) is 6.19. The SMILES string of the molecule is CO[SiH2][Si](Cc1ccccc1)(OC)OC. The van der Waals surface area contributed by atoms with Gasteiger partial charge in [-0.1, -0.05) is 30.3 Å². The van der Waals surface area contributed by atoms with Crippen molar-refractivity contribution in [3.63, 3.8) is 0 Å². The summed E-state index contributed by atoms with van der Waals surface area (Å²) in [5, 5.41) is 0. The van der Waals surface area contributed by atoms with Crippen LogP contribution < -0.4 is 0 Å². The van der Waals surface area contributed by atoms with E-state index in [-0.39, 0.29) is 0 Å². The van der Waals surface area contributed by atoms with Gasteiger partial charge in [-0.2, -0.15) is 0 Å². The van der Waals surface area contributed by atoms with Crippen molar-refractivity contribution in [2.24, 2.45) is 0 Å². The van der Waals surface area contributed by atoms with Crippen molar-refractivity contribution in [3.8, 4) is 0 Å². The van der Waals surface area contributed by atoms with E-state index in [1.165, 1.54) is 5.56 Å². The molecule has 0 spiro atoms. The first kappa shape index (κ1) is 12.6. The Morgan fingerprint density at radius 3 is 2.13 bits per heavy atom. The fourth-order valence-electron chi connectivity index (χ4n) is 1.52. The molecule has 0 saturated carbocycles. The van der Waals surface area contributed by atoms with Gasteiger partial charge in [-0.15, -0.1) is 0 Å². The lowest BCUT2D eigenvalue weighted by Crippen LogP contribution is -2.50. The molecule has 0 fully saturated rings. The summed E-state index contributed by atoms with van der Waals surface area (Å²) < 4.78 is 16.5. The fourth-order valence-corrected chi connectivity index (χ4v) is 6.81. The van der Waals surface area contributed by atoms with Crippen LogP contribution in [0.4, 0.5) is 0 Å². The fraction of sp³-hybridized carbons (Fsp3) is 0.400. The van der Waals surface area contributed by atoms with Crippen LogP contribution in [0.1, 0.15) is 5.56 Å². The average molecular weight is 242 g/mol. The molecule has 1 aromatic rings. The molecule has 0 N–H and O–H groups in total. The van der Waals surface area contributed by atoms with Crippen molar-refractivity contribution in [3.05, 3.63) is 35.9 Å². The highest BCUT2D eigenvalue weighted by Crippen LogP contribution is 2.12. The van der Waals surface area contributed by atoms with Gasteiger partial charge in [0.1, 0.15) is 0 Å². The highest BCUT2D eigenvalue weighted by atomic mass is 29.2. The zero-order valence-corrected chi connectivity index (χ0v) is 11.9. The second-order valence-electron chi connectivity index (χ2n) is 3.41. The van der Waals surface area contributed by atoms with Crippen LogP contribution >= 0.6 is 0 Å². The van der Waals surface area contributed by atoms with Gasteiger partial charge < -0.3 is 13.3 Å². The normalized spacial score (nSPS) is 12.5. The summed E-state index contributed by atoms with van der Waals surface area (Å²) in [4.78, 5) is 0. The van der Waals surface area contributed by atoms with Gasteiger partial charge in [0, 0.05) is 27.4 Å². The van der Waals surface area contributed by atoms with Crippen LogP contribution in [-0.2, 0) is 19.3 Å². The minimum Gasteiger partial charge on any atom is -0.424 e. The van der Waals surface area contributed by atoms with Crippen LogP contribution in [-0.4, -0.2) is 38.7 Å². The third-order valence-corrected chi connectivity index (χ3v) is 10.3. The Morgan fingerprint density at radius 1 is 1.07 bits per heavy atom. The molecule has 0 heterocycles. The van der Waals surface area contributed by atoms with Gasteiger partial charge in [0.25, 0.3) is 0 Å². The summed E-state index contributed by atoms with van der Waals surface area (Å²) in [6, 6.07) is 11.2. The van der Waals surface area contributed by atoms with Gasteiger partial charge in [-0.25, -0.2) is 0 Å². The zero-order chi connectivity index (χ0) is 11.1. The molecule has 0 aliphatic carbocycles. The first-order valence-corrected chi connectivity index (χ1v) is 9.82. The summed E-state index contributed by atoms with van der Waals surface area (Å²) in [6.07, 6.45) is 0. The maximum absolute atomic E-state index is 5.58. The number of hydrogen-bond acceptors (Lipinski definition) is 3. The lowest BCUT2D eigenvalue weighted by Gasteiger charge is -2.26. The minimum atomic E-state index is -2.07. The number of benzene rings is 1. The maximum Gasteiger partial charge on any atom is 0.345 e. The van der Waals surface area contributed by atoms with Crippen molar-refractivity contribution in [1.82, 2.24) is 0 Å². The molecule has 3 nitrogen and oxygen atoms in total. The first-order chi connectivity index (χ1) is 7.26. The molecule has 0 radical (unpaired) electrons. The van der Waals surface area contributed by atoms with Crippen LogP contribution in [0.3, 0.4) is 0 Å². The summed E-state index contributed by atoms with van der Waals surface area (Å²) in [7, 11) is 2.40. The van der Waals surface area contributed by atoms with Gasteiger partial charge in [0.2, 0.25) is 9.28 Å². The predicted molar refractivity (Wildman–Crippen MR) is 65.5 cm³/mol. The van der Waals surface area contributed by atoms with Crippen LogP contribution in [0.25, 0.3) is 0 Å². The van der Waals surface area contributed by atoms with E-state index >= 15 is 0 Å². The van der Waals surface area contributed by atoms with E-state index in [2.05, 4.69) is 12.1 Å². The molecule has 5 heteroatoms. The summed E-state index contributed by atoms with van der Waals surface area (Å²) >= 11 is 0. The van der Waals surface area contributed by atoms with Crippen LogP contribution in [0.5, 0.6) is 0 Å². The van der Waals surface area contributed by atoms with Crippen molar-refractivity contribution in [1.29, 1.82) is 0 Å². The summed E-state index contributed by atoms with van der Waals surface area (Å²) in [5.41, 5.74) is 1.26. The third-order valence-electron chi connectivity index (χ3n) is 2.42. The van der Waals surface area contributed by atoms with E-state index in [0.29, 0.717) is 0 Å². The third kappa shape index (κ3) is 3.55. The van der Waals surface area contributed by atoms with Crippen LogP contribution in [0.15, 0.2) is 30.3 Å². The molecule has 1 aromatic carbocycles. The Balaban J connectivity index is 2.74. The Bertz CT molecular complexity index is 275. The van der Waals surface area contributed by atoms with Gasteiger partial charge in [0.05, 0.1) is 0 Å². The standard InChI is InChI=1S/C10H18O3Si2/c1-11-14-15(12-2,13-3)9-10-7-5-4-6-8-10/h4-8H,9,14H2,1-3H3. The molecule has 0 bridgehead atoms. The highest BCUT2D eigenvalue weighted by Gasteiger charge is 2.36. The van der Waals surface area contributed by atoms with E-state index < -0.39 is 17.4 Å². The average Bonchev–Trinajstić information content (AvgIpc) is 2.30. The highest BCUT2D eigenvalue weighted by molar-refractivity contribution is 7.15. The van der Waals surface area contributed by atoms with E-state index in [9.17, 15) is 0 Å². The van der Waals surface area contributed by atoms with Crippen molar-refractivity contribution < 1.29 is 13.3 Å². The van der Waals surface area contributed by atoms with Gasteiger partial charge in [-0.05, 0) is 5.56 Å². The number of rotatable bonds is 6. The van der Waals surface area contributed by atoms with Crippen molar-refractivity contribution in [2.75, 3.05) is 21.3 Å². The Kier molecular flexibility index (Phi) is 5.20. The topological polar surface area (TPSA) is 27.7 Å². The quantitative estimate of drug-likeness (QED) is 0.688. The molecule has 1 rings (SSSR count). The van der Waals surface area contributed by atoms with Gasteiger partial charge >= 0.3 is 8.08 Å². The molecule has 0 aromatic heterocycles. The smallest absolute Gasteiger partial charge is 0.345 e. The molecule has 0 atom stereocenters. The minimum absolute atomic E-state index is 0.721. The van der Waals surface area contributed by atoms with Crippen molar-refractivity contribution in [2.45, 2.75) is 6.04 Å². The maximum atomic E-state index is 5.58. The lowest BCUT2D eigenvalue weighted by atomic mass is 10.2. The Labute approximate surface area is 94.3 Å². The molecule has 0 saturated heterocycles. The second-order valence-corrected chi connectivity index (χ2v) is 11.4. The predicted octanol–water partition coefficient (Wildman–Crippen LogP) is 0.730. The molecular weight excluding hydrogens is 224 g/mol. The van der Waals surface area contributed by atoms with Gasteiger partial charge in [-0.3, -0.25) is 0 Å². The van der Waals surface area contributed by atoms with E-state index in [4.69, 9.17) is 13.3 Å². The first-order valence-electron chi connectivity index (χ1n) is 4.89. The Hall–Kier alpha value is -0.466. The largest absolute Gasteiger partial charge is 0.424 e. The van der Waals surface area contributed by atoms with Crippen molar-refractivity contribution >= 4 is 17.4 Å². The van der Waals surface area contributed by atoms with E-state index in [0.717, 1.165) is 6.04 Å². The van der Waals surface area contributed by atoms with Gasteiger partial charge in [0.15, 0.2) is 0 Å². The molecular formula is C10H18O3Si2. The Morgan fingerprint density at radius 2 is 1.67 bits per heavy atom. The van der Waals surface area contributed by atoms with Crippen LogP contribution in [0.2, 0.25) is 0 Å². The molecule has 0 aliphatic heterocycles. The molecule has 0 unspecified atom stereocenters. The van der Waals surface area contributed by atoms with E-state index in [1.807, 2.05) is 18.2 Å². The molecule has 0 aliphatic rings. The summed E-state index contributed by atoms with van der Waals surface area (Å²) in [5.74, 6) is 0. The monoisotopic (exact) mass is 242 g/mol. The van der Waals surface area contributed by atoms with Crippen LogP contribution in [0, 0.1) is 0 Å². The van der Waals surface area contributed by atoms with E-state index in [1.54, 1.807) is 21.3 Å². The zero-order valence-electron chi connectivity index (χ0n) is 9.53.